The van der Waals surface area contributed by atoms with Crippen molar-refractivity contribution in [2.24, 2.45) is 5.73 Å². The molecule has 2 atom stereocenters. The van der Waals surface area contributed by atoms with E-state index in [2.05, 4.69) is 10.6 Å². The molecule has 0 aliphatic carbocycles. The van der Waals surface area contributed by atoms with E-state index in [4.69, 9.17) is 5.73 Å². The molecular weight excluding hydrogens is 234 g/mol. The Hall–Kier alpha value is -2.08. The Bertz CT molecular complexity index is 450. The van der Waals surface area contributed by atoms with E-state index < -0.39 is 12.0 Å². The van der Waals surface area contributed by atoms with Gasteiger partial charge in [-0.2, -0.15) is 0 Å². The Kier molecular flexibility index (Phi) is 3.47. The highest BCUT2D eigenvalue weighted by atomic mass is 16.3. The second-order valence-electron chi connectivity index (χ2n) is 4.22. The van der Waals surface area contributed by atoms with Gasteiger partial charge in [0.15, 0.2) is 0 Å². The zero-order chi connectivity index (χ0) is 13.1. The number of rotatable bonds is 4. The maximum absolute atomic E-state index is 11.8. The van der Waals surface area contributed by atoms with Crippen LogP contribution in [0.4, 0.5) is 5.69 Å². The van der Waals surface area contributed by atoms with Crippen molar-refractivity contribution in [1.29, 1.82) is 0 Å². The molecule has 1 aromatic carbocycles. The molecule has 1 aliphatic heterocycles. The molecule has 2 amide bonds. The van der Waals surface area contributed by atoms with Gasteiger partial charge < -0.3 is 21.5 Å². The quantitative estimate of drug-likeness (QED) is 0.548. The molecule has 0 spiro atoms. The van der Waals surface area contributed by atoms with Crippen molar-refractivity contribution in [3.8, 4) is 0 Å². The standard InChI is InChI=1S/C12H15N3O3/c13-11(17)10(16)6-14-12(18)9-5-7-3-1-2-4-8(7)15-9/h1-4,9-10,15-16H,5-6H2,(H2,13,17)(H,14,18). The van der Waals surface area contributed by atoms with Crippen molar-refractivity contribution in [2.45, 2.75) is 18.6 Å². The Morgan fingerprint density at radius 2 is 2.22 bits per heavy atom. The molecule has 1 heterocycles. The van der Waals surface area contributed by atoms with E-state index in [0.717, 1.165) is 11.3 Å². The first-order valence-corrected chi connectivity index (χ1v) is 5.67. The lowest BCUT2D eigenvalue weighted by Gasteiger charge is -2.13. The van der Waals surface area contributed by atoms with E-state index in [-0.39, 0.29) is 18.5 Å². The van der Waals surface area contributed by atoms with E-state index in [0.29, 0.717) is 6.42 Å². The van der Waals surface area contributed by atoms with Gasteiger partial charge >= 0.3 is 0 Å². The summed E-state index contributed by atoms with van der Waals surface area (Å²) in [7, 11) is 0. The summed E-state index contributed by atoms with van der Waals surface area (Å²) in [6.45, 7) is -0.164. The number of aliphatic hydroxyl groups excluding tert-OH is 1. The number of carbonyl (C=O) groups is 2. The number of hydrogen-bond acceptors (Lipinski definition) is 4. The summed E-state index contributed by atoms with van der Waals surface area (Å²) in [5, 5.41) is 14.7. The van der Waals surface area contributed by atoms with Gasteiger partial charge in [-0.15, -0.1) is 0 Å². The van der Waals surface area contributed by atoms with Gasteiger partial charge in [0, 0.05) is 12.1 Å². The van der Waals surface area contributed by atoms with Crippen LogP contribution in [0.3, 0.4) is 0 Å². The number of anilines is 1. The molecule has 0 radical (unpaired) electrons. The Morgan fingerprint density at radius 1 is 1.50 bits per heavy atom. The molecule has 0 aromatic heterocycles. The third-order valence-corrected chi connectivity index (χ3v) is 2.89. The lowest BCUT2D eigenvalue weighted by Crippen LogP contribution is -2.45. The Labute approximate surface area is 104 Å². The van der Waals surface area contributed by atoms with Crippen LogP contribution in [0, 0.1) is 0 Å². The van der Waals surface area contributed by atoms with Crippen molar-refractivity contribution in [3.05, 3.63) is 29.8 Å². The van der Waals surface area contributed by atoms with E-state index in [9.17, 15) is 14.7 Å². The first kappa shape index (κ1) is 12.4. The number of amides is 2. The third kappa shape index (κ3) is 2.60. The molecule has 18 heavy (non-hydrogen) atoms. The maximum atomic E-state index is 11.8. The monoisotopic (exact) mass is 249 g/mol. The number of aliphatic hydroxyl groups is 1. The predicted molar refractivity (Wildman–Crippen MR) is 65.8 cm³/mol. The maximum Gasteiger partial charge on any atom is 0.248 e. The van der Waals surface area contributed by atoms with Crippen LogP contribution in [0.1, 0.15) is 5.56 Å². The number of primary amides is 1. The Balaban J connectivity index is 1.88. The number of hydrogen-bond donors (Lipinski definition) is 4. The summed E-state index contributed by atoms with van der Waals surface area (Å²) in [4.78, 5) is 22.4. The molecule has 0 saturated carbocycles. The summed E-state index contributed by atoms with van der Waals surface area (Å²) < 4.78 is 0. The number of nitrogens with one attached hydrogen (secondary N) is 2. The minimum absolute atomic E-state index is 0.164. The smallest absolute Gasteiger partial charge is 0.248 e. The zero-order valence-corrected chi connectivity index (χ0v) is 9.72. The summed E-state index contributed by atoms with van der Waals surface area (Å²) in [5.41, 5.74) is 6.90. The van der Waals surface area contributed by atoms with Gasteiger partial charge in [0.1, 0.15) is 12.1 Å². The van der Waals surface area contributed by atoms with Gasteiger partial charge in [0.2, 0.25) is 11.8 Å². The fourth-order valence-corrected chi connectivity index (χ4v) is 1.88. The molecule has 6 heteroatoms. The second-order valence-corrected chi connectivity index (χ2v) is 4.22. The highest BCUT2D eigenvalue weighted by molar-refractivity contribution is 5.88. The summed E-state index contributed by atoms with van der Waals surface area (Å²) >= 11 is 0. The average molecular weight is 249 g/mol. The van der Waals surface area contributed by atoms with Crippen LogP contribution in [-0.2, 0) is 16.0 Å². The third-order valence-electron chi connectivity index (χ3n) is 2.89. The largest absolute Gasteiger partial charge is 0.381 e. The van der Waals surface area contributed by atoms with Gasteiger partial charge in [0.05, 0.1) is 6.54 Å². The molecule has 1 aromatic rings. The van der Waals surface area contributed by atoms with Crippen molar-refractivity contribution >= 4 is 17.5 Å². The fourth-order valence-electron chi connectivity index (χ4n) is 1.88. The number of para-hydroxylation sites is 1. The molecule has 96 valence electrons. The molecule has 0 fully saturated rings. The number of carbonyl (C=O) groups excluding carboxylic acids is 2. The molecule has 2 unspecified atom stereocenters. The number of nitrogens with two attached hydrogens (primary N) is 1. The molecule has 5 N–H and O–H groups in total. The van der Waals surface area contributed by atoms with E-state index >= 15 is 0 Å². The normalized spacial score (nSPS) is 18.6. The summed E-state index contributed by atoms with van der Waals surface area (Å²) in [6.07, 6.45) is -0.757. The molecule has 0 saturated heterocycles. The lowest BCUT2D eigenvalue weighted by atomic mass is 10.1. The summed E-state index contributed by atoms with van der Waals surface area (Å²) in [5.74, 6) is -1.11. The van der Waals surface area contributed by atoms with E-state index in [1.54, 1.807) is 0 Å². The Morgan fingerprint density at radius 3 is 2.89 bits per heavy atom. The van der Waals surface area contributed by atoms with Gasteiger partial charge in [-0.25, -0.2) is 0 Å². The molecule has 1 aliphatic rings. The van der Waals surface area contributed by atoms with Crippen LogP contribution in [0.2, 0.25) is 0 Å². The average Bonchev–Trinajstić information content (AvgIpc) is 2.79. The van der Waals surface area contributed by atoms with Crippen molar-refractivity contribution < 1.29 is 14.7 Å². The second kappa shape index (κ2) is 5.05. The topological polar surface area (TPSA) is 104 Å². The predicted octanol–water partition coefficient (Wildman–Crippen LogP) is -1.01. The lowest BCUT2D eigenvalue weighted by molar-refractivity contribution is -0.127. The summed E-state index contributed by atoms with van der Waals surface area (Å²) in [6, 6.07) is 7.29. The first-order chi connectivity index (χ1) is 8.58. The highest BCUT2D eigenvalue weighted by Gasteiger charge is 2.26. The molecule has 6 nitrogen and oxygen atoms in total. The van der Waals surface area contributed by atoms with Crippen LogP contribution >= 0.6 is 0 Å². The van der Waals surface area contributed by atoms with Gasteiger partial charge in [-0.3, -0.25) is 9.59 Å². The fraction of sp³-hybridized carbons (Fsp3) is 0.333. The number of fused-ring (bicyclic) bond motifs is 1. The van der Waals surface area contributed by atoms with Crippen LogP contribution in [0.15, 0.2) is 24.3 Å². The SMILES string of the molecule is NC(=O)C(O)CNC(=O)C1Cc2ccccc2N1. The molecule has 0 bridgehead atoms. The van der Waals surface area contributed by atoms with Crippen LogP contribution in [0.5, 0.6) is 0 Å². The van der Waals surface area contributed by atoms with E-state index in [1.165, 1.54) is 0 Å². The van der Waals surface area contributed by atoms with Gasteiger partial charge in [-0.05, 0) is 11.6 Å². The molecule has 2 rings (SSSR count). The van der Waals surface area contributed by atoms with Gasteiger partial charge in [-0.1, -0.05) is 18.2 Å². The zero-order valence-electron chi connectivity index (χ0n) is 9.72. The highest BCUT2D eigenvalue weighted by Crippen LogP contribution is 2.24. The van der Waals surface area contributed by atoms with Crippen molar-refractivity contribution in [1.82, 2.24) is 5.32 Å². The molecular formula is C12H15N3O3. The van der Waals surface area contributed by atoms with Crippen LogP contribution in [-0.4, -0.2) is 35.6 Å². The van der Waals surface area contributed by atoms with Gasteiger partial charge in [0.25, 0.3) is 0 Å². The minimum Gasteiger partial charge on any atom is -0.381 e. The van der Waals surface area contributed by atoms with Crippen LogP contribution < -0.4 is 16.4 Å². The first-order valence-electron chi connectivity index (χ1n) is 5.67. The van der Waals surface area contributed by atoms with Crippen molar-refractivity contribution in [3.63, 3.8) is 0 Å². The van der Waals surface area contributed by atoms with E-state index in [1.807, 2.05) is 24.3 Å². The van der Waals surface area contributed by atoms with Crippen LogP contribution in [0.25, 0.3) is 0 Å². The minimum atomic E-state index is -1.35. The number of benzene rings is 1. The van der Waals surface area contributed by atoms with Crippen molar-refractivity contribution in [2.75, 3.05) is 11.9 Å².